The van der Waals surface area contributed by atoms with E-state index < -0.39 is 10.0 Å². The fourth-order valence-corrected chi connectivity index (χ4v) is 4.54. The van der Waals surface area contributed by atoms with Crippen molar-refractivity contribution in [2.24, 2.45) is 5.92 Å². The molecule has 0 heterocycles. The van der Waals surface area contributed by atoms with Crippen molar-refractivity contribution in [3.05, 3.63) is 23.3 Å². The minimum atomic E-state index is -3.46. The normalized spacial score (nSPS) is 16.5. The summed E-state index contributed by atoms with van der Waals surface area (Å²) >= 11 is 0. The number of rotatable bonds is 6. The molecule has 0 atom stereocenters. The third-order valence-electron chi connectivity index (χ3n) is 4.39. The predicted molar refractivity (Wildman–Crippen MR) is 86.7 cm³/mol. The lowest BCUT2D eigenvalue weighted by Crippen LogP contribution is -2.26. The first-order valence-electron chi connectivity index (χ1n) is 7.76. The van der Waals surface area contributed by atoms with E-state index in [1.54, 1.807) is 19.1 Å². The molecule has 0 aliphatic heterocycles. The van der Waals surface area contributed by atoms with Gasteiger partial charge in [0.05, 0.1) is 4.90 Å². The minimum absolute atomic E-state index is 0.306. The third kappa shape index (κ3) is 4.20. The number of benzene rings is 1. The second-order valence-electron chi connectivity index (χ2n) is 6.17. The number of aryl methyl sites for hydroxylation is 1. The Balaban J connectivity index is 1.95. The van der Waals surface area contributed by atoms with Crippen molar-refractivity contribution in [3.8, 4) is 0 Å². The van der Waals surface area contributed by atoms with E-state index in [-0.39, 0.29) is 0 Å². The van der Waals surface area contributed by atoms with E-state index in [4.69, 9.17) is 5.73 Å². The summed E-state index contributed by atoms with van der Waals surface area (Å²) in [7, 11) is -3.46. The average Bonchev–Trinajstić information content (AvgIpc) is 2.92. The van der Waals surface area contributed by atoms with Gasteiger partial charge in [-0.2, -0.15) is 0 Å². The molecule has 1 saturated carbocycles. The smallest absolute Gasteiger partial charge is 0.240 e. The van der Waals surface area contributed by atoms with Gasteiger partial charge in [0.1, 0.15) is 0 Å². The lowest BCUT2D eigenvalue weighted by Gasteiger charge is -2.13. The highest BCUT2D eigenvalue weighted by atomic mass is 32.2. The van der Waals surface area contributed by atoms with Gasteiger partial charge in [-0.3, -0.25) is 0 Å². The Labute approximate surface area is 128 Å². The molecule has 1 fully saturated rings. The van der Waals surface area contributed by atoms with Crippen LogP contribution in [-0.4, -0.2) is 15.0 Å². The monoisotopic (exact) mass is 310 g/mol. The van der Waals surface area contributed by atoms with Crippen molar-refractivity contribution < 1.29 is 8.42 Å². The van der Waals surface area contributed by atoms with Crippen LogP contribution in [0.5, 0.6) is 0 Å². The van der Waals surface area contributed by atoms with Gasteiger partial charge in [0.2, 0.25) is 10.0 Å². The first-order chi connectivity index (χ1) is 9.90. The lowest BCUT2D eigenvalue weighted by atomic mass is 10.0. The molecule has 2 rings (SSSR count). The topological polar surface area (TPSA) is 72.2 Å². The molecule has 1 aliphatic rings. The molecule has 1 aliphatic carbocycles. The van der Waals surface area contributed by atoms with Gasteiger partial charge in [-0.25, -0.2) is 13.1 Å². The highest BCUT2D eigenvalue weighted by molar-refractivity contribution is 7.89. The van der Waals surface area contributed by atoms with E-state index in [0.717, 1.165) is 24.3 Å². The maximum Gasteiger partial charge on any atom is 0.240 e. The Morgan fingerprint density at radius 2 is 1.90 bits per heavy atom. The Morgan fingerprint density at radius 3 is 2.57 bits per heavy atom. The van der Waals surface area contributed by atoms with E-state index in [2.05, 4.69) is 4.72 Å². The number of nitrogens with one attached hydrogen (secondary N) is 1. The van der Waals surface area contributed by atoms with Crippen LogP contribution >= 0.6 is 0 Å². The number of anilines is 1. The summed E-state index contributed by atoms with van der Waals surface area (Å²) in [5.41, 5.74) is 7.89. The van der Waals surface area contributed by atoms with Crippen molar-refractivity contribution in [1.82, 2.24) is 4.72 Å². The van der Waals surface area contributed by atoms with Gasteiger partial charge in [0, 0.05) is 12.2 Å². The molecule has 1 aromatic rings. The van der Waals surface area contributed by atoms with Crippen LogP contribution in [0.2, 0.25) is 0 Å². The minimum Gasteiger partial charge on any atom is -0.398 e. The third-order valence-corrected chi connectivity index (χ3v) is 5.98. The fraction of sp³-hybridized carbons (Fsp3) is 0.625. The number of hydrogen-bond donors (Lipinski definition) is 2. The molecule has 21 heavy (non-hydrogen) atoms. The van der Waals surface area contributed by atoms with Crippen LogP contribution < -0.4 is 10.5 Å². The Kier molecular flexibility index (Phi) is 5.27. The molecule has 3 N–H and O–H groups in total. The van der Waals surface area contributed by atoms with E-state index >= 15 is 0 Å². The molecule has 0 bridgehead atoms. The van der Waals surface area contributed by atoms with Gasteiger partial charge in [0.25, 0.3) is 0 Å². The maximum atomic E-state index is 12.4. The van der Waals surface area contributed by atoms with E-state index in [9.17, 15) is 8.42 Å². The second kappa shape index (κ2) is 6.79. The molecular weight excluding hydrogens is 284 g/mol. The molecule has 0 spiro atoms. The average molecular weight is 310 g/mol. The van der Waals surface area contributed by atoms with Gasteiger partial charge >= 0.3 is 0 Å². The number of sulfonamides is 1. The van der Waals surface area contributed by atoms with Crippen molar-refractivity contribution >= 4 is 15.7 Å². The molecule has 1 aromatic carbocycles. The van der Waals surface area contributed by atoms with Crippen LogP contribution in [0.25, 0.3) is 0 Å². The Morgan fingerprint density at radius 1 is 1.24 bits per heavy atom. The van der Waals surface area contributed by atoms with Crippen LogP contribution in [0.1, 0.15) is 49.7 Å². The molecule has 118 valence electrons. The standard InChI is InChI=1S/C16H26N2O2S/c1-12-10-15(17)13(2)16(11-12)21(19,20)18-9-5-8-14-6-3-4-7-14/h10-11,14,18H,3-9,17H2,1-2H3. The number of nitrogens with two attached hydrogens (primary N) is 1. The van der Waals surface area contributed by atoms with Crippen molar-refractivity contribution in [2.75, 3.05) is 12.3 Å². The van der Waals surface area contributed by atoms with Gasteiger partial charge in [-0.1, -0.05) is 25.7 Å². The summed E-state index contributed by atoms with van der Waals surface area (Å²) < 4.78 is 27.5. The second-order valence-corrected chi connectivity index (χ2v) is 7.90. The zero-order valence-electron chi connectivity index (χ0n) is 13.0. The summed E-state index contributed by atoms with van der Waals surface area (Å²) in [6.07, 6.45) is 7.30. The summed E-state index contributed by atoms with van der Waals surface area (Å²) in [6.45, 7) is 4.11. The molecule has 4 nitrogen and oxygen atoms in total. The van der Waals surface area contributed by atoms with Gasteiger partial charge in [-0.15, -0.1) is 0 Å². The van der Waals surface area contributed by atoms with Crippen molar-refractivity contribution in [1.29, 1.82) is 0 Å². The summed E-state index contributed by atoms with van der Waals surface area (Å²) in [5, 5.41) is 0. The first-order valence-corrected chi connectivity index (χ1v) is 9.25. The summed E-state index contributed by atoms with van der Waals surface area (Å²) in [6, 6.07) is 3.49. The molecule has 0 saturated heterocycles. The maximum absolute atomic E-state index is 12.4. The molecule has 0 unspecified atom stereocenters. The molecule has 0 amide bonds. The molecular formula is C16H26N2O2S. The largest absolute Gasteiger partial charge is 0.398 e. The molecule has 0 radical (unpaired) electrons. The van der Waals surface area contributed by atoms with Crippen LogP contribution in [0.4, 0.5) is 5.69 Å². The highest BCUT2D eigenvalue weighted by Crippen LogP contribution is 2.28. The lowest BCUT2D eigenvalue weighted by molar-refractivity contribution is 0.480. The number of hydrogen-bond acceptors (Lipinski definition) is 3. The quantitative estimate of drug-likeness (QED) is 0.626. The van der Waals surface area contributed by atoms with Crippen molar-refractivity contribution in [3.63, 3.8) is 0 Å². The van der Waals surface area contributed by atoms with Crippen molar-refractivity contribution in [2.45, 2.75) is 57.3 Å². The molecule has 5 heteroatoms. The van der Waals surface area contributed by atoms with Crippen LogP contribution in [0, 0.1) is 19.8 Å². The van der Waals surface area contributed by atoms with E-state index in [1.165, 1.54) is 25.7 Å². The van der Waals surface area contributed by atoms with Crippen LogP contribution in [0.15, 0.2) is 17.0 Å². The van der Waals surface area contributed by atoms with Gasteiger partial charge in [0.15, 0.2) is 0 Å². The van der Waals surface area contributed by atoms with Gasteiger partial charge < -0.3 is 5.73 Å². The summed E-state index contributed by atoms with van der Waals surface area (Å²) in [5.74, 6) is 0.797. The van der Waals surface area contributed by atoms with Crippen LogP contribution in [0.3, 0.4) is 0 Å². The first kappa shape index (κ1) is 16.3. The van der Waals surface area contributed by atoms with E-state index in [1.807, 2.05) is 6.92 Å². The summed E-state index contributed by atoms with van der Waals surface area (Å²) in [4.78, 5) is 0.306. The van der Waals surface area contributed by atoms with Crippen LogP contribution in [-0.2, 0) is 10.0 Å². The fourth-order valence-electron chi connectivity index (χ4n) is 3.11. The Bertz CT molecular complexity index is 591. The molecule has 0 aromatic heterocycles. The Hall–Kier alpha value is -1.07. The van der Waals surface area contributed by atoms with Gasteiger partial charge in [-0.05, 0) is 55.9 Å². The number of nitrogen functional groups attached to an aromatic ring is 1. The highest BCUT2D eigenvalue weighted by Gasteiger charge is 2.19. The SMILES string of the molecule is Cc1cc(N)c(C)c(S(=O)(=O)NCCCC2CCCC2)c1. The zero-order chi connectivity index (χ0) is 15.5. The zero-order valence-corrected chi connectivity index (χ0v) is 13.8. The predicted octanol–water partition coefficient (Wildman–Crippen LogP) is 3.13. The van der Waals surface area contributed by atoms with E-state index in [0.29, 0.717) is 22.7 Å².